The Morgan fingerprint density at radius 3 is 2.86 bits per heavy atom. The van der Waals surface area contributed by atoms with E-state index in [1.165, 1.54) is 0 Å². The third-order valence-electron chi connectivity index (χ3n) is 2.37. The van der Waals surface area contributed by atoms with E-state index in [4.69, 9.17) is 0 Å². The van der Waals surface area contributed by atoms with E-state index >= 15 is 0 Å². The second-order valence-corrected chi connectivity index (χ2v) is 4.16. The van der Waals surface area contributed by atoms with Crippen molar-refractivity contribution < 1.29 is 0 Å². The lowest BCUT2D eigenvalue weighted by molar-refractivity contribution is 1.21. The molecular formula is C9H10N4S. The molecule has 14 heavy (non-hydrogen) atoms. The van der Waals surface area contributed by atoms with Gasteiger partial charge in [0.1, 0.15) is 5.50 Å². The number of nitrogens with one attached hydrogen (secondary N) is 3. The van der Waals surface area contributed by atoms with Crippen LogP contribution in [0.15, 0.2) is 18.5 Å². The largest absolute Gasteiger partial charge is 0.355 e. The van der Waals surface area contributed by atoms with Crippen molar-refractivity contribution in [3.05, 3.63) is 18.5 Å². The number of nitrogens with zero attached hydrogens (tertiary/aromatic N) is 1. The Balaban J connectivity index is 2.13. The molecule has 2 aromatic rings. The summed E-state index contributed by atoms with van der Waals surface area (Å²) >= 11 is 1.75. The lowest BCUT2D eigenvalue weighted by atomic mass is 10.2. The molecule has 0 radical (unpaired) electrons. The summed E-state index contributed by atoms with van der Waals surface area (Å²) in [4.78, 5) is 7.31. The van der Waals surface area contributed by atoms with E-state index in [-0.39, 0.29) is 5.50 Å². The minimum Gasteiger partial charge on any atom is -0.355 e. The Morgan fingerprint density at radius 2 is 2.07 bits per heavy atom. The van der Waals surface area contributed by atoms with Gasteiger partial charge in [-0.25, -0.2) is 4.98 Å². The van der Waals surface area contributed by atoms with Gasteiger partial charge in [0.25, 0.3) is 0 Å². The maximum atomic E-state index is 4.22. The first-order chi connectivity index (χ1) is 6.86. The van der Waals surface area contributed by atoms with Gasteiger partial charge in [0.15, 0.2) is 0 Å². The number of thioether (sulfide) groups is 1. The van der Waals surface area contributed by atoms with E-state index in [2.05, 4.69) is 39.0 Å². The van der Waals surface area contributed by atoms with Crippen LogP contribution in [0.4, 0.5) is 11.4 Å². The molecule has 1 atom stereocenters. The van der Waals surface area contributed by atoms with Crippen LogP contribution in [0.2, 0.25) is 0 Å². The molecule has 4 nitrogen and oxygen atoms in total. The molecule has 5 heteroatoms. The summed E-state index contributed by atoms with van der Waals surface area (Å²) in [6.45, 7) is 0. The van der Waals surface area contributed by atoms with Gasteiger partial charge in [0.2, 0.25) is 0 Å². The van der Waals surface area contributed by atoms with E-state index in [1.54, 1.807) is 18.1 Å². The van der Waals surface area contributed by atoms with Gasteiger partial charge in [-0.05, 0) is 18.4 Å². The highest BCUT2D eigenvalue weighted by molar-refractivity contribution is 7.99. The second-order valence-electron chi connectivity index (χ2n) is 3.22. The van der Waals surface area contributed by atoms with Crippen molar-refractivity contribution >= 4 is 34.2 Å². The number of imidazole rings is 1. The maximum absolute atomic E-state index is 4.22. The van der Waals surface area contributed by atoms with E-state index < -0.39 is 0 Å². The van der Waals surface area contributed by atoms with Crippen molar-refractivity contribution in [2.45, 2.75) is 5.50 Å². The topological polar surface area (TPSA) is 52.7 Å². The smallest absolute Gasteiger partial charge is 0.145 e. The number of fused-ring (bicyclic) bond motifs is 2. The minimum atomic E-state index is 0.275. The highest BCUT2D eigenvalue weighted by Crippen LogP contribution is 2.34. The Labute approximate surface area is 85.5 Å². The van der Waals surface area contributed by atoms with Crippen molar-refractivity contribution in [1.29, 1.82) is 0 Å². The first kappa shape index (κ1) is 7.99. The summed E-state index contributed by atoms with van der Waals surface area (Å²) in [6.07, 6.45) is 3.78. The first-order valence-corrected chi connectivity index (χ1v) is 5.68. The fraction of sp³-hybridized carbons (Fsp3) is 0.222. The van der Waals surface area contributed by atoms with Crippen molar-refractivity contribution in [2.24, 2.45) is 0 Å². The number of H-pyrrole nitrogens is 1. The third-order valence-corrected chi connectivity index (χ3v) is 3.08. The van der Waals surface area contributed by atoms with Crippen LogP contribution in [0.3, 0.4) is 0 Å². The number of anilines is 2. The molecule has 1 aliphatic rings. The molecule has 0 fully saturated rings. The highest BCUT2D eigenvalue weighted by Gasteiger charge is 2.18. The van der Waals surface area contributed by atoms with E-state index in [9.17, 15) is 0 Å². The third kappa shape index (κ3) is 1.05. The van der Waals surface area contributed by atoms with Gasteiger partial charge in [-0.1, -0.05) is 0 Å². The van der Waals surface area contributed by atoms with E-state index in [0.29, 0.717) is 0 Å². The van der Waals surface area contributed by atoms with Crippen LogP contribution < -0.4 is 10.6 Å². The van der Waals surface area contributed by atoms with Crippen LogP contribution in [0.1, 0.15) is 0 Å². The molecule has 1 aromatic heterocycles. The molecule has 1 aliphatic heterocycles. The number of rotatable bonds is 1. The molecular weight excluding hydrogens is 196 g/mol. The van der Waals surface area contributed by atoms with Crippen LogP contribution >= 0.6 is 11.8 Å². The normalized spacial score (nSPS) is 15.2. The van der Waals surface area contributed by atoms with E-state index in [1.807, 2.05) is 0 Å². The molecule has 3 rings (SSSR count). The fourth-order valence-corrected chi connectivity index (χ4v) is 2.15. The average Bonchev–Trinajstić information content (AvgIpc) is 2.77. The van der Waals surface area contributed by atoms with Crippen molar-refractivity contribution in [1.82, 2.24) is 9.97 Å². The maximum Gasteiger partial charge on any atom is 0.145 e. The second kappa shape index (κ2) is 2.81. The molecule has 0 aliphatic carbocycles. The molecule has 1 aromatic carbocycles. The number of benzene rings is 1. The zero-order valence-corrected chi connectivity index (χ0v) is 8.48. The summed E-state index contributed by atoms with van der Waals surface area (Å²) in [5.74, 6) is 0. The van der Waals surface area contributed by atoms with Gasteiger partial charge in [-0.2, -0.15) is 0 Å². The molecule has 0 saturated heterocycles. The first-order valence-electron chi connectivity index (χ1n) is 4.40. The predicted octanol–water partition coefficient (Wildman–Crippen LogP) is 2.05. The van der Waals surface area contributed by atoms with Gasteiger partial charge in [0, 0.05) is 0 Å². The highest BCUT2D eigenvalue weighted by atomic mass is 32.2. The SMILES string of the molecule is CSC1Nc2cc3nc[nH]c3cc2N1. The summed E-state index contributed by atoms with van der Waals surface area (Å²) < 4.78 is 0. The number of hydrogen-bond donors (Lipinski definition) is 3. The molecule has 72 valence electrons. The number of hydrogen-bond acceptors (Lipinski definition) is 4. The molecule has 0 saturated carbocycles. The lowest BCUT2D eigenvalue weighted by Crippen LogP contribution is -2.16. The number of aromatic amines is 1. The van der Waals surface area contributed by atoms with Crippen LogP contribution in [0, 0.1) is 0 Å². The molecule has 0 spiro atoms. The summed E-state index contributed by atoms with van der Waals surface area (Å²) in [5, 5.41) is 6.73. The average molecular weight is 206 g/mol. The Bertz CT molecular complexity index is 439. The molecule has 0 amide bonds. The summed E-state index contributed by atoms with van der Waals surface area (Å²) in [5.41, 5.74) is 4.61. The zero-order chi connectivity index (χ0) is 9.54. The Hall–Kier alpha value is -1.36. The quantitative estimate of drug-likeness (QED) is 0.668. The van der Waals surface area contributed by atoms with Crippen LogP contribution in [-0.4, -0.2) is 21.7 Å². The predicted molar refractivity (Wildman–Crippen MR) is 60.6 cm³/mol. The minimum absolute atomic E-state index is 0.275. The molecule has 3 N–H and O–H groups in total. The van der Waals surface area contributed by atoms with Crippen molar-refractivity contribution in [2.75, 3.05) is 16.9 Å². The molecule has 2 heterocycles. The number of aromatic nitrogens is 2. The van der Waals surface area contributed by atoms with E-state index in [0.717, 1.165) is 22.4 Å². The lowest BCUT2D eigenvalue weighted by Gasteiger charge is -2.06. The standard InChI is InChI=1S/C9H10N4S/c1-14-9-12-7-2-5-6(11-4-10-5)3-8(7)13-9/h2-4,9,12-13H,1H3,(H,10,11). The van der Waals surface area contributed by atoms with Crippen LogP contribution in [-0.2, 0) is 0 Å². The van der Waals surface area contributed by atoms with Gasteiger partial charge in [-0.15, -0.1) is 11.8 Å². The van der Waals surface area contributed by atoms with Crippen molar-refractivity contribution in [3.8, 4) is 0 Å². The molecule has 0 bridgehead atoms. The summed E-state index contributed by atoms with van der Waals surface area (Å²) in [6, 6.07) is 4.14. The van der Waals surface area contributed by atoms with Crippen molar-refractivity contribution in [3.63, 3.8) is 0 Å². The van der Waals surface area contributed by atoms with Crippen LogP contribution in [0.25, 0.3) is 11.0 Å². The monoisotopic (exact) mass is 206 g/mol. The Kier molecular flexibility index (Phi) is 1.61. The Morgan fingerprint density at radius 1 is 1.29 bits per heavy atom. The molecule has 1 unspecified atom stereocenters. The van der Waals surface area contributed by atoms with Gasteiger partial charge < -0.3 is 15.6 Å². The fourth-order valence-electron chi connectivity index (χ4n) is 1.66. The van der Waals surface area contributed by atoms with Gasteiger partial charge in [0.05, 0.1) is 28.7 Å². The van der Waals surface area contributed by atoms with Crippen LogP contribution in [0.5, 0.6) is 0 Å². The van der Waals surface area contributed by atoms with Gasteiger partial charge in [-0.3, -0.25) is 0 Å². The summed E-state index contributed by atoms with van der Waals surface area (Å²) in [7, 11) is 0. The zero-order valence-electron chi connectivity index (χ0n) is 7.66. The van der Waals surface area contributed by atoms with Gasteiger partial charge >= 0.3 is 0 Å².